The van der Waals surface area contributed by atoms with Gasteiger partial charge in [-0.05, 0) is 24.3 Å². The highest BCUT2D eigenvalue weighted by molar-refractivity contribution is 6.07. The fraction of sp³-hybridized carbons (Fsp3) is 0.333. The van der Waals surface area contributed by atoms with E-state index in [-0.39, 0.29) is 30.1 Å². The van der Waals surface area contributed by atoms with Crippen LogP contribution in [0.5, 0.6) is 0 Å². The first kappa shape index (κ1) is 20.5. The molecule has 2 aliphatic heterocycles. The smallest absolute Gasteiger partial charge is 0.254 e. The van der Waals surface area contributed by atoms with Crippen LogP contribution in [0.4, 0.5) is 0 Å². The summed E-state index contributed by atoms with van der Waals surface area (Å²) in [5.41, 5.74) is 2.92. The molecule has 2 aromatic heterocycles. The highest BCUT2D eigenvalue weighted by Crippen LogP contribution is 2.28. The Morgan fingerprint density at radius 1 is 1.06 bits per heavy atom. The summed E-state index contributed by atoms with van der Waals surface area (Å²) < 4.78 is 12.0. The zero-order chi connectivity index (χ0) is 22.1. The van der Waals surface area contributed by atoms with Gasteiger partial charge >= 0.3 is 0 Å². The fourth-order valence-electron chi connectivity index (χ4n) is 4.31. The number of para-hydroxylation sites is 1. The minimum absolute atomic E-state index is 0.0765. The van der Waals surface area contributed by atoms with E-state index < -0.39 is 0 Å². The number of pyridine rings is 2. The van der Waals surface area contributed by atoms with Gasteiger partial charge in [-0.25, -0.2) is 4.98 Å². The predicted octanol–water partition coefficient (Wildman–Crippen LogP) is 2.04. The first-order chi connectivity index (χ1) is 15.6. The van der Waals surface area contributed by atoms with Gasteiger partial charge < -0.3 is 19.7 Å². The molecule has 2 amide bonds. The first-order valence-electron chi connectivity index (χ1n) is 10.7. The Labute approximate surface area is 185 Å². The van der Waals surface area contributed by atoms with Crippen molar-refractivity contribution in [3.63, 3.8) is 0 Å². The molecular weight excluding hydrogens is 408 g/mol. The molecule has 1 N–H and O–H groups in total. The molecule has 3 aromatic rings. The van der Waals surface area contributed by atoms with E-state index in [1.807, 2.05) is 42.5 Å². The van der Waals surface area contributed by atoms with Crippen molar-refractivity contribution in [2.24, 2.45) is 0 Å². The maximum absolute atomic E-state index is 13.6. The van der Waals surface area contributed by atoms with Crippen molar-refractivity contribution in [2.45, 2.75) is 25.2 Å². The Morgan fingerprint density at radius 3 is 2.50 bits per heavy atom. The summed E-state index contributed by atoms with van der Waals surface area (Å²) in [7, 11) is 0. The second-order valence-electron chi connectivity index (χ2n) is 8.17. The molecule has 32 heavy (non-hydrogen) atoms. The van der Waals surface area contributed by atoms with Gasteiger partial charge in [0.25, 0.3) is 5.91 Å². The van der Waals surface area contributed by atoms with Gasteiger partial charge in [-0.2, -0.15) is 0 Å². The van der Waals surface area contributed by atoms with E-state index in [0.717, 1.165) is 16.5 Å². The molecule has 2 aliphatic rings. The number of fused-ring (bicyclic) bond motifs is 2. The molecule has 0 aliphatic carbocycles. The molecule has 5 rings (SSSR count). The number of carbonyl (C=O) groups is 2. The van der Waals surface area contributed by atoms with Crippen LogP contribution in [-0.2, 0) is 14.3 Å². The summed E-state index contributed by atoms with van der Waals surface area (Å²) in [6, 6.07) is 13.1. The van der Waals surface area contributed by atoms with Crippen molar-refractivity contribution in [3.05, 3.63) is 60.4 Å². The number of benzene rings is 1. The molecule has 2 fully saturated rings. The molecule has 2 saturated heterocycles. The summed E-state index contributed by atoms with van der Waals surface area (Å²) in [4.78, 5) is 35.6. The van der Waals surface area contributed by atoms with Gasteiger partial charge in [-0.15, -0.1) is 0 Å². The summed E-state index contributed by atoms with van der Waals surface area (Å²) in [6.07, 6.45) is 3.01. The average Bonchev–Trinajstić information content (AvgIpc) is 3.14. The largest absolute Gasteiger partial charge is 0.371 e. The maximum atomic E-state index is 13.6. The number of amides is 2. The van der Waals surface area contributed by atoms with Gasteiger partial charge in [0.15, 0.2) is 0 Å². The summed E-state index contributed by atoms with van der Waals surface area (Å²) in [5.74, 6) is -0.188. The van der Waals surface area contributed by atoms with Crippen molar-refractivity contribution in [2.75, 3.05) is 26.3 Å². The molecule has 0 saturated carbocycles. The molecule has 8 nitrogen and oxygen atoms in total. The lowest BCUT2D eigenvalue weighted by Gasteiger charge is -2.20. The first-order valence-corrected chi connectivity index (χ1v) is 10.7. The summed E-state index contributed by atoms with van der Waals surface area (Å²) >= 11 is 0. The van der Waals surface area contributed by atoms with Crippen molar-refractivity contribution in [1.82, 2.24) is 20.2 Å². The highest BCUT2D eigenvalue weighted by Gasteiger charge is 2.40. The summed E-state index contributed by atoms with van der Waals surface area (Å²) in [6.45, 7) is 3.09. The average molecular weight is 432 g/mol. The molecule has 0 radical (unpaired) electrons. The second kappa shape index (κ2) is 8.64. The quantitative estimate of drug-likeness (QED) is 0.681. The van der Waals surface area contributed by atoms with Crippen molar-refractivity contribution >= 4 is 22.7 Å². The van der Waals surface area contributed by atoms with Gasteiger partial charge in [0.05, 0.1) is 36.0 Å². The van der Waals surface area contributed by atoms with Gasteiger partial charge in [0, 0.05) is 43.4 Å². The van der Waals surface area contributed by atoms with E-state index in [0.29, 0.717) is 37.6 Å². The van der Waals surface area contributed by atoms with Crippen LogP contribution in [0.3, 0.4) is 0 Å². The third kappa shape index (κ3) is 4.06. The minimum atomic E-state index is -0.219. The number of rotatable bonds is 3. The lowest BCUT2D eigenvalue weighted by atomic mass is 10.0. The zero-order valence-electron chi connectivity index (χ0n) is 17.7. The van der Waals surface area contributed by atoms with Crippen molar-refractivity contribution < 1.29 is 19.1 Å². The Hall–Kier alpha value is -3.36. The molecule has 2 atom stereocenters. The number of hydrogen-bond donors (Lipinski definition) is 1. The number of aromatic nitrogens is 2. The van der Waals surface area contributed by atoms with Crippen molar-refractivity contribution in [3.8, 4) is 11.3 Å². The van der Waals surface area contributed by atoms with Gasteiger partial charge in [0.2, 0.25) is 5.91 Å². The van der Waals surface area contributed by atoms with Crippen LogP contribution >= 0.6 is 0 Å². The molecule has 0 unspecified atom stereocenters. The molecule has 0 spiro atoms. The number of ether oxygens (including phenoxy) is 2. The second-order valence-corrected chi connectivity index (χ2v) is 8.17. The molecule has 4 heterocycles. The Bertz CT molecular complexity index is 1140. The fourth-order valence-corrected chi connectivity index (χ4v) is 4.31. The number of hydrogen-bond acceptors (Lipinski definition) is 6. The predicted molar refractivity (Wildman–Crippen MR) is 118 cm³/mol. The normalized spacial score (nSPS) is 21.2. The van der Waals surface area contributed by atoms with Crippen LogP contribution in [0.2, 0.25) is 0 Å². The SMILES string of the molecule is CC(=O)NC1CO[C@H]2CN(C(=O)c3cc(-c4cccnc4)nc4ccccc34)C[C@@H]2OC1. The van der Waals surface area contributed by atoms with Crippen LogP contribution in [-0.4, -0.2) is 71.2 Å². The maximum Gasteiger partial charge on any atom is 0.254 e. The minimum Gasteiger partial charge on any atom is -0.371 e. The van der Waals surface area contributed by atoms with E-state index in [1.165, 1.54) is 6.92 Å². The lowest BCUT2D eigenvalue weighted by molar-refractivity contribution is -0.120. The third-order valence-corrected chi connectivity index (χ3v) is 5.84. The van der Waals surface area contributed by atoms with Crippen molar-refractivity contribution in [1.29, 1.82) is 0 Å². The van der Waals surface area contributed by atoms with E-state index in [9.17, 15) is 9.59 Å². The van der Waals surface area contributed by atoms with E-state index >= 15 is 0 Å². The monoisotopic (exact) mass is 432 g/mol. The van der Waals surface area contributed by atoms with E-state index in [1.54, 1.807) is 17.3 Å². The molecule has 164 valence electrons. The highest BCUT2D eigenvalue weighted by atomic mass is 16.6. The van der Waals surface area contributed by atoms with Crippen LogP contribution in [0, 0.1) is 0 Å². The van der Waals surface area contributed by atoms with Gasteiger partial charge in [0.1, 0.15) is 12.2 Å². The number of nitrogens with zero attached hydrogens (tertiary/aromatic N) is 3. The Balaban J connectivity index is 1.41. The number of carbonyl (C=O) groups excluding carboxylic acids is 2. The lowest BCUT2D eigenvalue weighted by Crippen LogP contribution is -2.40. The van der Waals surface area contributed by atoms with Crippen LogP contribution < -0.4 is 5.32 Å². The summed E-state index contributed by atoms with van der Waals surface area (Å²) in [5, 5.41) is 3.64. The van der Waals surface area contributed by atoms with Crippen LogP contribution in [0.15, 0.2) is 54.9 Å². The van der Waals surface area contributed by atoms with E-state index in [4.69, 9.17) is 14.5 Å². The molecule has 0 bridgehead atoms. The number of likely N-dealkylation sites (tertiary alicyclic amines) is 1. The Morgan fingerprint density at radius 2 is 1.81 bits per heavy atom. The topological polar surface area (TPSA) is 93.7 Å². The van der Waals surface area contributed by atoms with Gasteiger partial charge in [-0.1, -0.05) is 18.2 Å². The van der Waals surface area contributed by atoms with Crippen LogP contribution in [0.1, 0.15) is 17.3 Å². The van der Waals surface area contributed by atoms with Gasteiger partial charge in [-0.3, -0.25) is 14.6 Å². The standard InChI is InChI=1S/C24H24N4O4/c1-15(29)26-17-13-31-22-11-28(12-23(22)32-14-17)24(30)19-9-21(16-5-4-8-25-10-16)27-20-7-3-2-6-18(19)20/h2-10,17,22-23H,11-14H2,1H3,(H,26,29)/t22-,23-/m0/s1. The molecule has 8 heteroatoms. The number of nitrogens with one attached hydrogen (secondary N) is 1. The molecular formula is C24H24N4O4. The third-order valence-electron chi connectivity index (χ3n) is 5.84. The van der Waals surface area contributed by atoms with E-state index in [2.05, 4.69) is 10.3 Å². The van der Waals surface area contributed by atoms with Crippen LogP contribution in [0.25, 0.3) is 22.2 Å². The molecule has 1 aromatic carbocycles. The zero-order valence-corrected chi connectivity index (χ0v) is 17.7. The Kier molecular flexibility index (Phi) is 5.55.